The summed E-state index contributed by atoms with van der Waals surface area (Å²) in [6.45, 7) is 5.21. The summed E-state index contributed by atoms with van der Waals surface area (Å²) in [6, 6.07) is 0.974. The topological polar surface area (TPSA) is 49.9 Å². The Labute approximate surface area is 126 Å². The molecule has 2 heterocycles. The molecule has 0 N–H and O–H groups in total. The molecule has 118 valence electrons. The van der Waals surface area contributed by atoms with E-state index in [0.717, 1.165) is 32.5 Å². The van der Waals surface area contributed by atoms with Gasteiger partial charge in [-0.2, -0.15) is 0 Å². The summed E-state index contributed by atoms with van der Waals surface area (Å²) in [5.74, 6) is 0.288. The molecule has 5 nitrogen and oxygen atoms in total. The summed E-state index contributed by atoms with van der Waals surface area (Å²) >= 11 is 0. The number of hydrogen-bond donors (Lipinski definition) is 0. The first-order chi connectivity index (χ1) is 10.1. The lowest BCUT2D eigenvalue weighted by atomic mass is 10.0. The van der Waals surface area contributed by atoms with Crippen LogP contribution in [0.2, 0.25) is 0 Å². The first-order valence-electron chi connectivity index (χ1n) is 8.33. The number of esters is 1. The highest BCUT2D eigenvalue weighted by atomic mass is 16.5. The fourth-order valence-corrected chi connectivity index (χ4v) is 3.67. The fourth-order valence-electron chi connectivity index (χ4n) is 3.67. The highest BCUT2D eigenvalue weighted by Gasteiger charge is 2.35. The van der Waals surface area contributed by atoms with Gasteiger partial charge in [0.25, 0.3) is 0 Å². The molecule has 2 saturated heterocycles. The third-order valence-corrected chi connectivity index (χ3v) is 5.11. The van der Waals surface area contributed by atoms with Gasteiger partial charge in [0.15, 0.2) is 0 Å². The van der Waals surface area contributed by atoms with Crippen molar-refractivity contribution in [3.05, 3.63) is 0 Å². The zero-order valence-corrected chi connectivity index (χ0v) is 12.9. The second-order valence-electron chi connectivity index (χ2n) is 6.68. The Morgan fingerprint density at radius 3 is 2.76 bits per heavy atom. The number of cyclic esters (lactones) is 1. The number of nitrogens with zero attached hydrogens (tertiary/aromatic N) is 2. The largest absolute Gasteiger partial charge is 0.465 e. The van der Waals surface area contributed by atoms with Crippen LogP contribution in [-0.2, 0) is 14.3 Å². The van der Waals surface area contributed by atoms with Crippen LogP contribution in [0.15, 0.2) is 0 Å². The van der Waals surface area contributed by atoms with Crippen LogP contribution in [0.25, 0.3) is 0 Å². The molecule has 0 bridgehead atoms. The molecule has 1 amide bonds. The quantitative estimate of drug-likeness (QED) is 0.695. The first-order valence-corrected chi connectivity index (χ1v) is 8.33. The second kappa shape index (κ2) is 6.34. The molecule has 0 aromatic heterocycles. The van der Waals surface area contributed by atoms with Crippen molar-refractivity contribution in [2.75, 3.05) is 26.2 Å². The van der Waals surface area contributed by atoms with Gasteiger partial charge in [-0.1, -0.05) is 0 Å². The van der Waals surface area contributed by atoms with Crippen LogP contribution >= 0.6 is 0 Å². The van der Waals surface area contributed by atoms with Crippen LogP contribution < -0.4 is 0 Å². The third kappa shape index (κ3) is 3.57. The molecule has 2 aliphatic heterocycles. The van der Waals surface area contributed by atoms with E-state index >= 15 is 0 Å². The zero-order chi connectivity index (χ0) is 14.8. The summed E-state index contributed by atoms with van der Waals surface area (Å²) in [7, 11) is 0. The van der Waals surface area contributed by atoms with E-state index < -0.39 is 0 Å². The van der Waals surface area contributed by atoms with Gasteiger partial charge in [-0.25, -0.2) is 0 Å². The van der Waals surface area contributed by atoms with Gasteiger partial charge in [-0.3, -0.25) is 14.5 Å². The van der Waals surface area contributed by atoms with Crippen molar-refractivity contribution in [1.29, 1.82) is 0 Å². The number of ether oxygens (including phenoxy) is 1. The van der Waals surface area contributed by atoms with Crippen molar-refractivity contribution >= 4 is 11.9 Å². The minimum absolute atomic E-state index is 0.0194. The number of carbonyl (C=O) groups excluding carboxylic acids is 2. The van der Waals surface area contributed by atoms with E-state index in [9.17, 15) is 9.59 Å². The normalized spacial score (nSPS) is 29.7. The Hall–Kier alpha value is -1.10. The molecule has 3 aliphatic rings. The highest BCUT2D eigenvalue weighted by Crippen LogP contribution is 2.29. The lowest BCUT2D eigenvalue weighted by molar-refractivity contribution is -0.141. The van der Waals surface area contributed by atoms with Crippen LogP contribution in [0.4, 0.5) is 0 Å². The summed E-state index contributed by atoms with van der Waals surface area (Å²) in [5, 5.41) is 0. The Morgan fingerprint density at radius 1 is 1.33 bits per heavy atom. The minimum Gasteiger partial charge on any atom is -0.465 e. The molecule has 2 atom stereocenters. The Kier molecular flexibility index (Phi) is 4.48. The molecule has 0 aromatic rings. The van der Waals surface area contributed by atoms with Crippen molar-refractivity contribution in [2.24, 2.45) is 5.92 Å². The summed E-state index contributed by atoms with van der Waals surface area (Å²) in [4.78, 5) is 27.8. The standard InChI is InChI=1S/C16H26N2O3/c1-12(19)18(14-4-5-14)11-15-3-2-8-17(15)9-6-13-7-10-21-16(13)20/h13-15H,2-11H2,1H3. The van der Waals surface area contributed by atoms with Crippen molar-refractivity contribution in [3.63, 3.8) is 0 Å². The monoisotopic (exact) mass is 294 g/mol. The van der Waals surface area contributed by atoms with E-state index in [1.54, 1.807) is 6.92 Å². The van der Waals surface area contributed by atoms with Crippen molar-refractivity contribution in [2.45, 2.75) is 57.5 Å². The zero-order valence-electron chi connectivity index (χ0n) is 12.9. The number of amides is 1. The fraction of sp³-hybridized carbons (Fsp3) is 0.875. The minimum atomic E-state index is -0.0194. The van der Waals surface area contributed by atoms with Gasteiger partial charge in [-0.05, 0) is 51.6 Å². The predicted octanol–water partition coefficient (Wildman–Crippen LogP) is 1.41. The van der Waals surface area contributed by atoms with E-state index in [2.05, 4.69) is 9.80 Å². The Bertz CT molecular complexity index is 408. The summed E-state index contributed by atoms with van der Waals surface area (Å²) < 4.78 is 5.03. The van der Waals surface area contributed by atoms with Gasteiger partial charge < -0.3 is 9.64 Å². The average Bonchev–Trinajstić information content (AvgIpc) is 3.05. The van der Waals surface area contributed by atoms with Gasteiger partial charge in [0, 0.05) is 25.6 Å². The van der Waals surface area contributed by atoms with Gasteiger partial charge >= 0.3 is 5.97 Å². The Balaban J connectivity index is 1.50. The number of likely N-dealkylation sites (tertiary alicyclic amines) is 1. The summed E-state index contributed by atoms with van der Waals surface area (Å²) in [5.41, 5.74) is 0. The van der Waals surface area contributed by atoms with E-state index in [-0.39, 0.29) is 17.8 Å². The van der Waals surface area contributed by atoms with Gasteiger partial charge in [0.1, 0.15) is 0 Å². The Morgan fingerprint density at radius 2 is 2.14 bits per heavy atom. The van der Waals surface area contributed by atoms with Gasteiger partial charge in [0.05, 0.1) is 12.5 Å². The van der Waals surface area contributed by atoms with Crippen LogP contribution in [0, 0.1) is 5.92 Å². The van der Waals surface area contributed by atoms with Crippen LogP contribution in [0.5, 0.6) is 0 Å². The molecule has 0 aromatic carbocycles. The molecule has 0 spiro atoms. The van der Waals surface area contributed by atoms with Crippen LogP contribution in [0.3, 0.4) is 0 Å². The van der Waals surface area contributed by atoms with E-state index in [4.69, 9.17) is 4.74 Å². The molecule has 1 aliphatic carbocycles. The molecule has 3 rings (SSSR count). The number of rotatable bonds is 6. The predicted molar refractivity (Wildman–Crippen MR) is 78.7 cm³/mol. The van der Waals surface area contributed by atoms with Gasteiger partial charge in [0.2, 0.25) is 5.91 Å². The molecule has 0 radical (unpaired) electrons. The summed E-state index contributed by atoms with van der Waals surface area (Å²) in [6.07, 6.45) is 6.49. The molecular formula is C16H26N2O3. The molecule has 2 unspecified atom stereocenters. The second-order valence-corrected chi connectivity index (χ2v) is 6.68. The van der Waals surface area contributed by atoms with E-state index in [1.165, 1.54) is 25.7 Å². The van der Waals surface area contributed by atoms with E-state index in [1.807, 2.05) is 0 Å². The molecule has 1 saturated carbocycles. The molecule has 3 fully saturated rings. The maximum Gasteiger partial charge on any atom is 0.309 e. The van der Waals surface area contributed by atoms with E-state index in [0.29, 0.717) is 18.7 Å². The lowest BCUT2D eigenvalue weighted by Gasteiger charge is -2.30. The average molecular weight is 294 g/mol. The van der Waals surface area contributed by atoms with Crippen molar-refractivity contribution < 1.29 is 14.3 Å². The number of hydrogen-bond acceptors (Lipinski definition) is 4. The number of carbonyl (C=O) groups is 2. The molecule has 5 heteroatoms. The maximum atomic E-state index is 11.8. The van der Waals surface area contributed by atoms with Gasteiger partial charge in [-0.15, -0.1) is 0 Å². The molecular weight excluding hydrogens is 268 g/mol. The van der Waals surface area contributed by atoms with Crippen LogP contribution in [-0.4, -0.2) is 60.0 Å². The highest BCUT2D eigenvalue weighted by molar-refractivity contribution is 5.74. The lowest BCUT2D eigenvalue weighted by Crippen LogP contribution is -2.44. The van der Waals surface area contributed by atoms with Crippen LogP contribution in [0.1, 0.15) is 45.4 Å². The first kappa shape index (κ1) is 14.8. The molecule has 21 heavy (non-hydrogen) atoms. The van der Waals surface area contributed by atoms with Crippen molar-refractivity contribution in [3.8, 4) is 0 Å². The SMILES string of the molecule is CC(=O)N(CC1CCCN1CCC1CCOC1=O)C1CC1. The maximum absolute atomic E-state index is 11.8. The smallest absolute Gasteiger partial charge is 0.309 e. The van der Waals surface area contributed by atoms with Crippen molar-refractivity contribution in [1.82, 2.24) is 9.80 Å². The third-order valence-electron chi connectivity index (χ3n) is 5.11.